The standard InChI is InChI=1S/C16H28N2O11/c1-5(20)18-10-13(24)14(7(3-19)27-15(10)25)29-16-9(17)12(23)11(22)8(28-16)4-26-6(2)21/h7-16,19,22-25H,3-4,17H2,1-2H3,(H,18,20)/t7-,8-,9-,10-,11-,12-,13-,14-,15?,16+/m1/s1. The van der Waals surface area contributed by atoms with Gasteiger partial charge >= 0.3 is 5.97 Å². The summed E-state index contributed by atoms with van der Waals surface area (Å²) in [4.78, 5) is 22.3. The van der Waals surface area contributed by atoms with E-state index in [0.717, 1.165) is 6.92 Å². The quantitative estimate of drug-likeness (QED) is 0.200. The fraction of sp³-hybridized carbons (Fsp3) is 0.875. The second kappa shape index (κ2) is 10.1. The highest BCUT2D eigenvalue weighted by molar-refractivity contribution is 5.73. The number of hydrogen-bond acceptors (Lipinski definition) is 12. The summed E-state index contributed by atoms with van der Waals surface area (Å²) in [5.74, 6) is -1.19. The van der Waals surface area contributed by atoms with Crippen LogP contribution < -0.4 is 11.1 Å². The Kier molecular flexibility index (Phi) is 8.28. The van der Waals surface area contributed by atoms with Crippen molar-refractivity contribution in [3.63, 3.8) is 0 Å². The zero-order valence-electron chi connectivity index (χ0n) is 16.0. The molecule has 0 radical (unpaired) electrons. The maximum atomic E-state index is 11.3. The minimum atomic E-state index is -1.61. The van der Waals surface area contributed by atoms with Gasteiger partial charge in [-0.15, -0.1) is 0 Å². The molecule has 0 aromatic rings. The Morgan fingerprint density at radius 2 is 1.69 bits per heavy atom. The van der Waals surface area contributed by atoms with Crippen LogP contribution in [0.3, 0.4) is 0 Å². The van der Waals surface area contributed by atoms with Gasteiger partial charge in [-0.2, -0.15) is 0 Å². The predicted molar refractivity (Wildman–Crippen MR) is 91.7 cm³/mol. The Morgan fingerprint density at radius 1 is 1.03 bits per heavy atom. The van der Waals surface area contributed by atoms with Crippen LogP contribution >= 0.6 is 0 Å². The third kappa shape index (κ3) is 5.59. The Balaban J connectivity index is 2.16. The molecule has 13 heteroatoms. The fourth-order valence-corrected chi connectivity index (χ4v) is 3.21. The van der Waals surface area contributed by atoms with Crippen LogP contribution in [0.4, 0.5) is 0 Å². The van der Waals surface area contributed by atoms with E-state index >= 15 is 0 Å². The molecule has 2 fully saturated rings. The molecule has 10 atom stereocenters. The second-order valence-corrected chi connectivity index (χ2v) is 6.97. The van der Waals surface area contributed by atoms with Gasteiger partial charge in [0.15, 0.2) is 12.6 Å². The third-order valence-corrected chi connectivity index (χ3v) is 4.73. The smallest absolute Gasteiger partial charge is 0.302 e. The number of amides is 1. The number of ether oxygens (including phenoxy) is 4. The van der Waals surface area contributed by atoms with Gasteiger partial charge in [0.1, 0.15) is 49.3 Å². The third-order valence-electron chi connectivity index (χ3n) is 4.73. The van der Waals surface area contributed by atoms with Crippen molar-refractivity contribution in [3.05, 3.63) is 0 Å². The van der Waals surface area contributed by atoms with E-state index < -0.39 is 79.8 Å². The van der Waals surface area contributed by atoms with Gasteiger partial charge in [-0.05, 0) is 0 Å². The molecule has 1 amide bonds. The molecule has 13 nitrogen and oxygen atoms in total. The Bertz CT molecular complexity index is 579. The van der Waals surface area contributed by atoms with Crippen molar-refractivity contribution in [1.29, 1.82) is 0 Å². The molecule has 0 aromatic carbocycles. The Labute approximate surface area is 166 Å². The summed E-state index contributed by atoms with van der Waals surface area (Å²) in [5.41, 5.74) is 5.85. The summed E-state index contributed by atoms with van der Waals surface area (Å²) in [6.07, 6.45) is -11.3. The molecule has 0 saturated carbocycles. The molecule has 0 aliphatic carbocycles. The van der Waals surface area contributed by atoms with Crippen molar-refractivity contribution < 1.29 is 54.1 Å². The van der Waals surface area contributed by atoms with Crippen molar-refractivity contribution in [2.45, 2.75) is 75.1 Å². The predicted octanol–water partition coefficient (Wildman–Crippen LogP) is -4.72. The first-order valence-corrected chi connectivity index (χ1v) is 9.02. The van der Waals surface area contributed by atoms with E-state index in [9.17, 15) is 35.1 Å². The van der Waals surface area contributed by atoms with Gasteiger partial charge in [0, 0.05) is 13.8 Å². The van der Waals surface area contributed by atoms with Gasteiger partial charge in [-0.3, -0.25) is 9.59 Å². The summed E-state index contributed by atoms with van der Waals surface area (Å²) in [5, 5.41) is 52.6. The summed E-state index contributed by atoms with van der Waals surface area (Å²) >= 11 is 0. The molecule has 2 heterocycles. The number of nitrogens with one attached hydrogen (secondary N) is 1. The minimum absolute atomic E-state index is 0.388. The first kappa shape index (κ1) is 23.9. The van der Waals surface area contributed by atoms with E-state index in [4.69, 9.17) is 24.7 Å². The summed E-state index contributed by atoms with van der Waals surface area (Å²) < 4.78 is 21.1. The Hall–Kier alpha value is -1.42. The highest BCUT2D eigenvalue weighted by Gasteiger charge is 2.50. The molecule has 29 heavy (non-hydrogen) atoms. The van der Waals surface area contributed by atoms with Crippen molar-refractivity contribution in [2.75, 3.05) is 13.2 Å². The lowest BCUT2D eigenvalue weighted by atomic mass is 9.95. The van der Waals surface area contributed by atoms with Crippen molar-refractivity contribution in [2.24, 2.45) is 5.73 Å². The lowest BCUT2D eigenvalue weighted by molar-refractivity contribution is -0.325. The van der Waals surface area contributed by atoms with Gasteiger partial charge in [0.25, 0.3) is 0 Å². The monoisotopic (exact) mass is 424 g/mol. The molecule has 2 rings (SSSR count). The number of carbonyl (C=O) groups is 2. The number of aliphatic hydroxyl groups is 5. The van der Waals surface area contributed by atoms with Crippen LogP contribution in [-0.4, -0.2) is 112 Å². The first-order chi connectivity index (χ1) is 13.6. The summed E-state index contributed by atoms with van der Waals surface area (Å²) in [6.45, 7) is 1.28. The number of rotatable bonds is 6. The zero-order chi connectivity index (χ0) is 21.9. The van der Waals surface area contributed by atoms with E-state index in [1.165, 1.54) is 6.92 Å². The van der Waals surface area contributed by atoms with Crippen LogP contribution in [0.25, 0.3) is 0 Å². The lowest BCUT2D eigenvalue weighted by Crippen LogP contribution is -2.68. The van der Waals surface area contributed by atoms with Crippen LogP contribution in [0.15, 0.2) is 0 Å². The molecular formula is C16H28N2O11. The highest BCUT2D eigenvalue weighted by Crippen LogP contribution is 2.28. The SMILES string of the molecule is CC(=O)N[C@H]1C(O)O[C@H](CO)[C@@H](O[C@@H]2O[C@H](COC(C)=O)[C@@H](O)[C@H](O)[C@H]2N)[C@@H]1O. The molecule has 0 aromatic heterocycles. The maximum Gasteiger partial charge on any atom is 0.302 e. The molecule has 2 saturated heterocycles. The van der Waals surface area contributed by atoms with Crippen LogP contribution in [0.2, 0.25) is 0 Å². The van der Waals surface area contributed by atoms with Crippen LogP contribution in [-0.2, 0) is 28.5 Å². The van der Waals surface area contributed by atoms with E-state index in [2.05, 4.69) is 5.32 Å². The normalized spacial score (nSPS) is 42.9. The highest BCUT2D eigenvalue weighted by atomic mass is 16.7. The van der Waals surface area contributed by atoms with Crippen LogP contribution in [0.5, 0.6) is 0 Å². The number of aliphatic hydroxyl groups excluding tert-OH is 5. The van der Waals surface area contributed by atoms with Crippen LogP contribution in [0.1, 0.15) is 13.8 Å². The zero-order valence-corrected chi connectivity index (χ0v) is 16.0. The molecule has 0 bridgehead atoms. The maximum absolute atomic E-state index is 11.3. The summed E-state index contributed by atoms with van der Waals surface area (Å²) in [7, 11) is 0. The van der Waals surface area contributed by atoms with Crippen LogP contribution in [0, 0.1) is 0 Å². The van der Waals surface area contributed by atoms with Gasteiger partial charge < -0.3 is 55.5 Å². The fourth-order valence-electron chi connectivity index (χ4n) is 3.21. The van der Waals surface area contributed by atoms with E-state index in [0.29, 0.717) is 0 Å². The van der Waals surface area contributed by atoms with Gasteiger partial charge in [-0.25, -0.2) is 0 Å². The van der Waals surface area contributed by atoms with Gasteiger partial charge in [0.05, 0.1) is 12.6 Å². The molecule has 0 spiro atoms. The van der Waals surface area contributed by atoms with Crippen molar-refractivity contribution in [3.8, 4) is 0 Å². The van der Waals surface area contributed by atoms with Gasteiger partial charge in [-0.1, -0.05) is 0 Å². The van der Waals surface area contributed by atoms with Gasteiger partial charge in [0.2, 0.25) is 5.91 Å². The lowest BCUT2D eigenvalue weighted by Gasteiger charge is -2.46. The molecule has 2 aliphatic rings. The molecule has 8 N–H and O–H groups in total. The number of hydrogen-bond donors (Lipinski definition) is 7. The average Bonchev–Trinajstić information content (AvgIpc) is 2.65. The number of nitrogens with two attached hydrogens (primary N) is 1. The molecule has 168 valence electrons. The second-order valence-electron chi connectivity index (χ2n) is 6.97. The van der Waals surface area contributed by atoms with E-state index in [1.807, 2.05) is 0 Å². The molecule has 2 aliphatic heterocycles. The van der Waals surface area contributed by atoms with E-state index in [-0.39, 0.29) is 6.61 Å². The van der Waals surface area contributed by atoms with Crippen molar-refractivity contribution in [1.82, 2.24) is 5.32 Å². The topological polar surface area (TPSA) is 210 Å². The average molecular weight is 424 g/mol. The first-order valence-electron chi connectivity index (χ1n) is 9.02. The largest absolute Gasteiger partial charge is 0.463 e. The van der Waals surface area contributed by atoms with Crippen molar-refractivity contribution >= 4 is 11.9 Å². The minimum Gasteiger partial charge on any atom is -0.463 e. The molecule has 1 unspecified atom stereocenters. The van der Waals surface area contributed by atoms with E-state index in [1.54, 1.807) is 0 Å². The number of carbonyl (C=O) groups excluding carboxylic acids is 2. The number of esters is 1. The summed E-state index contributed by atoms with van der Waals surface area (Å²) in [6, 6.07) is -2.54. The molecular weight excluding hydrogens is 396 g/mol. The Morgan fingerprint density at radius 3 is 2.24 bits per heavy atom.